The molecule has 0 unspecified atom stereocenters. The van der Waals surface area contributed by atoms with E-state index in [-0.39, 0.29) is 18.0 Å². The number of fused-ring (bicyclic) bond motifs is 1. The summed E-state index contributed by atoms with van der Waals surface area (Å²) in [5, 5.41) is 0. The summed E-state index contributed by atoms with van der Waals surface area (Å²) in [6.07, 6.45) is 3.04. The molecule has 0 spiro atoms. The second-order valence-corrected chi connectivity index (χ2v) is 10.9. The average molecular weight is 514 g/mol. The standard InChI is InChI=1S/C26H31N3O4S2/c1-6-13-28(14-7-2)35(31,32)22-11-9-21(10-12-22)25(30)27-26-29(15-16-33-8-3)23-18-19(4)17-20(5)24(23)34-26/h6-7,9-12,17-18H,1-2,8,13-16H2,3-5H3. The lowest BCUT2D eigenvalue weighted by molar-refractivity contribution is 0.0996. The zero-order chi connectivity index (χ0) is 25.6. The first-order chi connectivity index (χ1) is 16.7. The molecule has 0 radical (unpaired) electrons. The first-order valence-corrected chi connectivity index (χ1v) is 13.6. The quantitative estimate of drug-likeness (QED) is 0.280. The van der Waals surface area contributed by atoms with E-state index in [9.17, 15) is 13.2 Å². The molecule has 0 saturated heterocycles. The lowest BCUT2D eigenvalue weighted by atomic mass is 10.1. The Balaban J connectivity index is 1.98. The molecule has 0 saturated carbocycles. The van der Waals surface area contributed by atoms with Crippen LogP contribution in [0.5, 0.6) is 0 Å². The second kappa shape index (κ2) is 11.7. The summed E-state index contributed by atoms with van der Waals surface area (Å²) in [7, 11) is -3.74. The fourth-order valence-corrected chi connectivity index (χ4v) is 6.23. The number of amides is 1. The molecule has 35 heavy (non-hydrogen) atoms. The fourth-order valence-electron chi connectivity index (χ4n) is 3.74. The van der Waals surface area contributed by atoms with Gasteiger partial charge in [-0.25, -0.2) is 8.42 Å². The zero-order valence-corrected chi connectivity index (χ0v) is 22.0. The smallest absolute Gasteiger partial charge is 0.279 e. The lowest BCUT2D eigenvalue weighted by Crippen LogP contribution is -2.31. The molecule has 0 N–H and O–H groups in total. The summed E-state index contributed by atoms with van der Waals surface area (Å²) >= 11 is 1.46. The van der Waals surface area contributed by atoms with Gasteiger partial charge in [-0.1, -0.05) is 29.6 Å². The van der Waals surface area contributed by atoms with Gasteiger partial charge in [0, 0.05) is 31.8 Å². The van der Waals surface area contributed by atoms with Crippen molar-refractivity contribution in [3.05, 3.63) is 83.2 Å². The van der Waals surface area contributed by atoms with Crippen molar-refractivity contribution in [1.29, 1.82) is 0 Å². The highest BCUT2D eigenvalue weighted by atomic mass is 32.2. The first kappa shape index (κ1) is 26.7. The highest BCUT2D eigenvalue weighted by Gasteiger charge is 2.22. The minimum absolute atomic E-state index is 0.0949. The molecule has 186 valence electrons. The van der Waals surface area contributed by atoms with E-state index < -0.39 is 15.9 Å². The number of ether oxygens (including phenoxy) is 1. The van der Waals surface area contributed by atoms with Crippen molar-refractivity contribution in [2.24, 2.45) is 4.99 Å². The molecule has 3 aromatic rings. The maximum atomic E-state index is 13.0. The Morgan fingerprint density at radius 3 is 2.40 bits per heavy atom. The lowest BCUT2D eigenvalue weighted by Gasteiger charge is -2.19. The van der Waals surface area contributed by atoms with Crippen LogP contribution in [0, 0.1) is 13.8 Å². The zero-order valence-electron chi connectivity index (χ0n) is 20.4. The van der Waals surface area contributed by atoms with Crippen LogP contribution in [0.25, 0.3) is 10.2 Å². The van der Waals surface area contributed by atoms with Crippen molar-refractivity contribution < 1.29 is 17.9 Å². The van der Waals surface area contributed by atoms with E-state index in [0.717, 1.165) is 21.3 Å². The van der Waals surface area contributed by atoms with Crippen molar-refractivity contribution in [2.45, 2.75) is 32.2 Å². The van der Waals surface area contributed by atoms with Crippen LogP contribution in [-0.2, 0) is 21.3 Å². The van der Waals surface area contributed by atoms with Gasteiger partial charge in [-0.15, -0.1) is 13.2 Å². The van der Waals surface area contributed by atoms with Crippen LogP contribution in [0.15, 0.2) is 71.6 Å². The SMILES string of the molecule is C=CCN(CC=C)S(=O)(=O)c1ccc(C(=O)N=c2sc3c(C)cc(C)cc3n2CCOCC)cc1. The van der Waals surface area contributed by atoms with E-state index in [1.807, 2.05) is 25.3 Å². The monoisotopic (exact) mass is 513 g/mol. The highest BCUT2D eigenvalue weighted by molar-refractivity contribution is 7.89. The summed E-state index contributed by atoms with van der Waals surface area (Å²) in [4.78, 5) is 18.1. The summed E-state index contributed by atoms with van der Waals surface area (Å²) in [6, 6.07) is 10.0. The normalized spacial score (nSPS) is 12.4. The van der Waals surface area contributed by atoms with E-state index in [4.69, 9.17) is 4.74 Å². The van der Waals surface area contributed by atoms with Crippen LogP contribution >= 0.6 is 11.3 Å². The molecule has 9 heteroatoms. The van der Waals surface area contributed by atoms with Crippen molar-refractivity contribution >= 4 is 37.5 Å². The van der Waals surface area contributed by atoms with Crippen molar-refractivity contribution in [2.75, 3.05) is 26.3 Å². The maximum Gasteiger partial charge on any atom is 0.279 e. The Morgan fingerprint density at radius 2 is 1.80 bits per heavy atom. The van der Waals surface area contributed by atoms with Gasteiger partial charge >= 0.3 is 0 Å². The summed E-state index contributed by atoms with van der Waals surface area (Å²) in [5.41, 5.74) is 3.59. The number of aryl methyl sites for hydroxylation is 2. The number of aromatic nitrogens is 1. The van der Waals surface area contributed by atoms with Crippen molar-refractivity contribution in [1.82, 2.24) is 8.87 Å². The summed E-state index contributed by atoms with van der Waals surface area (Å²) < 4.78 is 35.7. The third kappa shape index (κ3) is 6.05. The molecule has 0 aliphatic carbocycles. The van der Waals surface area contributed by atoms with Crippen LogP contribution in [0.2, 0.25) is 0 Å². The van der Waals surface area contributed by atoms with E-state index in [1.54, 1.807) is 0 Å². The highest BCUT2D eigenvalue weighted by Crippen LogP contribution is 2.24. The third-order valence-corrected chi connectivity index (χ3v) is 8.45. The number of benzene rings is 2. The Kier molecular flexibility index (Phi) is 8.96. The summed E-state index contributed by atoms with van der Waals surface area (Å²) in [5.74, 6) is -0.436. The van der Waals surface area contributed by atoms with Gasteiger partial charge in [0.05, 0.1) is 21.7 Å². The Hall–Kier alpha value is -2.85. The molecule has 1 aromatic heterocycles. The van der Waals surface area contributed by atoms with Gasteiger partial charge in [0.25, 0.3) is 5.91 Å². The van der Waals surface area contributed by atoms with E-state index >= 15 is 0 Å². The molecule has 0 atom stereocenters. The number of thiazole rings is 1. The number of carbonyl (C=O) groups is 1. The van der Waals surface area contributed by atoms with E-state index in [2.05, 4.69) is 30.3 Å². The van der Waals surface area contributed by atoms with Crippen molar-refractivity contribution in [3.8, 4) is 0 Å². The van der Waals surface area contributed by atoms with E-state index in [1.165, 1.54) is 52.1 Å². The van der Waals surface area contributed by atoms with Gasteiger partial charge in [0.2, 0.25) is 10.0 Å². The molecule has 2 aromatic carbocycles. The third-order valence-electron chi connectivity index (χ3n) is 5.38. The predicted molar refractivity (Wildman–Crippen MR) is 141 cm³/mol. The number of hydrogen-bond acceptors (Lipinski definition) is 5. The molecule has 1 heterocycles. The minimum atomic E-state index is -3.74. The number of nitrogens with zero attached hydrogens (tertiary/aromatic N) is 3. The van der Waals surface area contributed by atoms with Gasteiger partial charge in [-0.3, -0.25) is 4.79 Å². The van der Waals surface area contributed by atoms with Gasteiger partial charge < -0.3 is 9.30 Å². The van der Waals surface area contributed by atoms with E-state index in [0.29, 0.717) is 30.1 Å². The van der Waals surface area contributed by atoms with Crippen molar-refractivity contribution in [3.63, 3.8) is 0 Å². The molecule has 0 aliphatic rings. The minimum Gasteiger partial charge on any atom is -0.380 e. The van der Waals surface area contributed by atoms with Gasteiger partial charge in [-0.05, 0) is 62.2 Å². The maximum absolute atomic E-state index is 13.0. The number of rotatable bonds is 11. The summed E-state index contributed by atoms with van der Waals surface area (Å²) in [6.45, 7) is 15.3. The molecular formula is C26H31N3O4S2. The van der Waals surface area contributed by atoms with Gasteiger partial charge in [-0.2, -0.15) is 9.30 Å². The Bertz CT molecular complexity index is 1390. The van der Waals surface area contributed by atoms with Crippen LogP contribution in [0.3, 0.4) is 0 Å². The number of sulfonamides is 1. The van der Waals surface area contributed by atoms with Crippen LogP contribution in [0.1, 0.15) is 28.4 Å². The molecular weight excluding hydrogens is 482 g/mol. The molecule has 1 amide bonds. The van der Waals surface area contributed by atoms with Gasteiger partial charge in [0.15, 0.2) is 4.80 Å². The topological polar surface area (TPSA) is 81.0 Å². The van der Waals surface area contributed by atoms with Crippen LogP contribution < -0.4 is 4.80 Å². The average Bonchev–Trinajstić information content (AvgIpc) is 3.16. The van der Waals surface area contributed by atoms with Crippen LogP contribution in [-0.4, -0.2) is 49.5 Å². The number of hydrogen-bond donors (Lipinski definition) is 0. The Morgan fingerprint density at radius 1 is 1.14 bits per heavy atom. The van der Waals surface area contributed by atoms with Gasteiger partial charge in [0.1, 0.15) is 0 Å². The van der Waals surface area contributed by atoms with Crippen LogP contribution in [0.4, 0.5) is 0 Å². The predicted octanol–water partition coefficient (Wildman–Crippen LogP) is 4.46. The molecule has 0 bridgehead atoms. The molecule has 0 aliphatic heterocycles. The number of carbonyl (C=O) groups excluding carboxylic acids is 1. The first-order valence-electron chi connectivity index (χ1n) is 11.3. The molecule has 0 fully saturated rings. The second-order valence-electron chi connectivity index (χ2n) is 8.00. The largest absolute Gasteiger partial charge is 0.380 e. The molecule has 7 nitrogen and oxygen atoms in total. The molecule has 3 rings (SSSR count). The Labute approximate surface area is 210 Å². The fraction of sp³-hybridized carbons (Fsp3) is 0.308.